The fourth-order valence-electron chi connectivity index (χ4n) is 2.05. The molecule has 8 nitrogen and oxygen atoms in total. The van der Waals surface area contributed by atoms with Crippen molar-refractivity contribution in [2.75, 3.05) is 12.4 Å². The summed E-state index contributed by atoms with van der Waals surface area (Å²) in [6, 6.07) is 12.3. The predicted molar refractivity (Wildman–Crippen MR) is 89.5 cm³/mol. The van der Waals surface area contributed by atoms with Gasteiger partial charge in [0.1, 0.15) is 5.69 Å². The van der Waals surface area contributed by atoms with Crippen molar-refractivity contribution in [3.05, 3.63) is 58.1 Å². The smallest absolute Gasteiger partial charge is 0.292 e. The van der Waals surface area contributed by atoms with Crippen LogP contribution in [-0.2, 0) is 4.79 Å². The van der Waals surface area contributed by atoms with Gasteiger partial charge in [-0.2, -0.15) is 5.26 Å². The molecule has 2 rings (SSSR count). The molecule has 0 aliphatic rings. The van der Waals surface area contributed by atoms with Crippen molar-refractivity contribution in [3.8, 4) is 17.6 Å². The second kappa shape index (κ2) is 7.79. The number of carbonyl (C=O) groups is 1. The third-order valence-electron chi connectivity index (χ3n) is 3.32. The minimum absolute atomic E-state index is 0.0831. The van der Waals surface area contributed by atoms with Gasteiger partial charge in [-0.15, -0.1) is 0 Å². The van der Waals surface area contributed by atoms with Gasteiger partial charge >= 0.3 is 0 Å². The average molecular weight is 341 g/mol. The Bertz CT molecular complexity index is 844. The van der Waals surface area contributed by atoms with Crippen molar-refractivity contribution in [3.63, 3.8) is 0 Å². The van der Waals surface area contributed by atoms with Crippen LogP contribution in [0.3, 0.4) is 0 Å². The SMILES string of the molecule is COc1cc(C#N)ccc1O[C@@H](C)C(=O)Nc1ccccc1[N+](=O)[O-]. The Kier molecular flexibility index (Phi) is 5.53. The molecule has 1 amide bonds. The molecule has 0 heterocycles. The summed E-state index contributed by atoms with van der Waals surface area (Å²) in [7, 11) is 1.42. The third kappa shape index (κ3) is 4.23. The van der Waals surface area contributed by atoms with Crippen LogP contribution in [0.5, 0.6) is 11.5 Å². The summed E-state index contributed by atoms with van der Waals surface area (Å²) >= 11 is 0. The van der Waals surface area contributed by atoms with Crippen LogP contribution in [-0.4, -0.2) is 24.0 Å². The number of nitrogens with one attached hydrogen (secondary N) is 1. The number of amides is 1. The van der Waals surface area contributed by atoms with E-state index < -0.39 is 16.9 Å². The highest BCUT2D eigenvalue weighted by molar-refractivity contribution is 5.96. The lowest BCUT2D eigenvalue weighted by Gasteiger charge is -2.16. The zero-order valence-corrected chi connectivity index (χ0v) is 13.6. The molecule has 0 unspecified atom stereocenters. The lowest BCUT2D eigenvalue weighted by atomic mass is 10.2. The Hall–Kier alpha value is -3.60. The molecule has 0 radical (unpaired) electrons. The summed E-state index contributed by atoms with van der Waals surface area (Å²) in [5, 5.41) is 22.3. The maximum Gasteiger partial charge on any atom is 0.292 e. The van der Waals surface area contributed by atoms with Gasteiger partial charge in [0.15, 0.2) is 17.6 Å². The Morgan fingerprint density at radius 2 is 2.00 bits per heavy atom. The lowest BCUT2D eigenvalue weighted by Crippen LogP contribution is -2.30. The highest BCUT2D eigenvalue weighted by Gasteiger charge is 2.21. The van der Waals surface area contributed by atoms with Gasteiger partial charge in [0.25, 0.3) is 11.6 Å². The van der Waals surface area contributed by atoms with Crippen LogP contribution < -0.4 is 14.8 Å². The van der Waals surface area contributed by atoms with Crippen LogP contribution in [0.2, 0.25) is 0 Å². The van der Waals surface area contributed by atoms with E-state index in [0.717, 1.165) is 0 Å². The van der Waals surface area contributed by atoms with Crippen molar-refractivity contribution >= 4 is 17.3 Å². The monoisotopic (exact) mass is 341 g/mol. The van der Waals surface area contributed by atoms with E-state index in [2.05, 4.69) is 5.32 Å². The Morgan fingerprint density at radius 1 is 1.28 bits per heavy atom. The molecule has 0 aliphatic carbocycles. The number of nitriles is 1. The number of anilines is 1. The predicted octanol–water partition coefficient (Wildman–Crippen LogP) is 2.88. The molecule has 0 spiro atoms. The summed E-state index contributed by atoms with van der Waals surface area (Å²) in [6.45, 7) is 1.50. The Balaban J connectivity index is 2.14. The summed E-state index contributed by atoms with van der Waals surface area (Å²) in [5.74, 6) is 0.0387. The molecule has 2 aromatic carbocycles. The first-order valence-corrected chi connectivity index (χ1v) is 7.25. The zero-order valence-electron chi connectivity index (χ0n) is 13.6. The minimum Gasteiger partial charge on any atom is -0.493 e. The summed E-state index contributed by atoms with van der Waals surface area (Å²) in [6.07, 6.45) is -0.943. The first-order valence-electron chi connectivity index (χ1n) is 7.25. The highest BCUT2D eigenvalue weighted by atomic mass is 16.6. The van der Waals surface area contributed by atoms with Gasteiger partial charge in [0, 0.05) is 12.1 Å². The van der Waals surface area contributed by atoms with E-state index in [-0.39, 0.29) is 17.1 Å². The van der Waals surface area contributed by atoms with Crippen molar-refractivity contribution < 1.29 is 19.2 Å². The van der Waals surface area contributed by atoms with Crippen LogP contribution in [0.4, 0.5) is 11.4 Å². The van der Waals surface area contributed by atoms with E-state index in [0.29, 0.717) is 11.3 Å². The van der Waals surface area contributed by atoms with Gasteiger partial charge in [0.2, 0.25) is 0 Å². The van der Waals surface area contributed by atoms with E-state index >= 15 is 0 Å². The fraction of sp³-hybridized carbons (Fsp3) is 0.176. The van der Waals surface area contributed by atoms with Crippen LogP contribution in [0.1, 0.15) is 12.5 Å². The second-order valence-electron chi connectivity index (χ2n) is 5.00. The van der Waals surface area contributed by atoms with Crippen LogP contribution in [0, 0.1) is 21.4 Å². The van der Waals surface area contributed by atoms with Crippen molar-refractivity contribution in [1.29, 1.82) is 5.26 Å². The molecule has 2 aromatic rings. The van der Waals surface area contributed by atoms with Crippen LogP contribution in [0.25, 0.3) is 0 Å². The van der Waals surface area contributed by atoms with E-state index in [9.17, 15) is 14.9 Å². The molecule has 128 valence electrons. The number of nitro groups is 1. The fourth-order valence-corrected chi connectivity index (χ4v) is 2.05. The van der Waals surface area contributed by atoms with Gasteiger partial charge in [-0.25, -0.2) is 0 Å². The molecule has 8 heteroatoms. The summed E-state index contributed by atoms with van der Waals surface area (Å²) in [5.41, 5.74) is 0.264. The van der Waals surface area contributed by atoms with E-state index in [1.807, 2.05) is 6.07 Å². The number of nitro benzene ring substituents is 1. The molecule has 0 bridgehead atoms. The number of benzene rings is 2. The van der Waals surface area contributed by atoms with E-state index in [4.69, 9.17) is 14.7 Å². The van der Waals surface area contributed by atoms with Crippen molar-refractivity contribution in [2.24, 2.45) is 0 Å². The molecule has 1 atom stereocenters. The average Bonchev–Trinajstić information content (AvgIpc) is 2.62. The van der Waals surface area contributed by atoms with Gasteiger partial charge in [-0.3, -0.25) is 14.9 Å². The molecular weight excluding hydrogens is 326 g/mol. The summed E-state index contributed by atoms with van der Waals surface area (Å²) in [4.78, 5) is 22.7. The highest BCUT2D eigenvalue weighted by Crippen LogP contribution is 2.29. The topological polar surface area (TPSA) is 114 Å². The van der Waals surface area contributed by atoms with Crippen molar-refractivity contribution in [2.45, 2.75) is 13.0 Å². The molecular formula is C17H15N3O5. The third-order valence-corrected chi connectivity index (χ3v) is 3.32. The molecule has 0 fully saturated rings. The Labute approximate surface area is 143 Å². The molecule has 0 saturated carbocycles. The normalized spacial score (nSPS) is 11.1. The first-order chi connectivity index (χ1) is 12.0. The van der Waals surface area contributed by atoms with Gasteiger partial charge in [-0.05, 0) is 25.1 Å². The number of nitrogens with zero attached hydrogens (tertiary/aromatic N) is 2. The number of rotatable bonds is 6. The van der Waals surface area contributed by atoms with Crippen molar-refractivity contribution in [1.82, 2.24) is 0 Å². The maximum absolute atomic E-state index is 12.3. The lowest BCUT2D eigenvalue weighted by molar-refractivity contribution is -0.383. The van der Waals surface area contributed by atoms with E-state index in [1.54, 1.807) is 6.07 Å². The number of hydrogen-bond acceptors (Lipinski definition) is 6. The number of methoxy groups -OCH3 is 1. The molecule has 25 heavy (non-hydrogen) atoms. The number of hydrogen-bond donors (Lipinski definition) is 1. The van der Waals surface area contributed by atoms with Crippen LogP contribution in [0.15, 0.2) is 42.5 Å². The van der Waals surface area contributed by atoms with E-state index in [1.165, 1.54) is 50.4 Å². The number of carbonyl (C=O) groups excluding carboxylic acids is 1. The van der Waals surface area contributed by atoms with Gasteiger partial charge in [-0.1, -0.05) is 12.1 Å². The number of para-hydroxylation sites is 2. The largest absolute Gasteiger partial charge is 0.493 e. The van der Waals surface area contributed by atoms with Crippen LogP contribution >= 0.6 is 0 Å². The molecule has 0 aliphatic heterocycles. The van der Waals surface area contributed by atoms with Gasteiger partial charge in [0.05, 0.1) is 23.7 Å². The number of ether oxygens (including phenoxy) is 2. The first kappa shape index (κ1) is 17.7. The quantitative estimate of drug-likeness (QED) is 0.638. The zero-order chi connectivity index (χ0) is 18.4. The van der Waals surface area contributed by atoms with Gasteiger partial charge < -0.3 is 14.8 Å². The standard InChI is InChI=1S/C17H15N3O5/c1-11(25-15-8-7-12(10-18)9-16(15)24-2)17(21)19-13-5-3-4-6-14(13)20(22)23/h3-9,11H,1-2H3,(H,19,21)/t11-/m0/s1. The molecule has 0 saturated heterocycles. The maximum atomic E-state index is 12.3. The minimum atomic E-state index is -0.943. The molecule has 1 N–H and O–H groups in total. The second-order valence-corrected chi connectivity index (χ2v) is 5.00. The Morgan fingerprint density at radius 3 is 2.64 bits per heavy atom. The summed E-state index contributed by atoms with van der Waals surface area (Å²) < 4.78 is 10.7. The molecule has 0 aromatic heterocycles.